The molecule has 0 aromatic heterocycles. The Bertz CT molecular complexity index is 555. The summed E-state index contributed by atoms with van der Waals surface area (Å²) in [5, 5.41) is 0.571. The molecule has 1 heterocycles. The first-order chi connectivity index (χ1) is 9.61. The summed E-state index contributed by atoms with van der Waals surface area (Å²) in [6.45, 7) is 0.614. The minimum atomic E-state index is -1.01. The number of methoxy groups -OCH3 is 1. The molecule has 2 atom stereocenters. The number of halogens is 1. The van der Waals surface area contributed by atoms with E-state index in [0.29, 0.717) is 23.8 Å². The highest BCUT2D eigenvalue weighted by Gasteiger charge is 2.39. The lowest BCUT2D eigenvalue weighted by Crippen LogP contribution is -2.35. The lowest BCUT2D eigenvalue weighted by Gasteiger charge is -2.33. The van der Waals surface area contributed by atoms with Crippen molar-refractivity contribution in [1.82, 2.24) is 0 Å². The molecule has 0 spiro atoms. The summed E-state index contributed by atoms with van der Waals surface area (Å²) in [7, 11) is 1.65. The molecule has 0 saturated heterocycles. The van der Waals surface area contributed by atoms with Crippen LogP contribution in [0.15, 0.2) is 29.3 Å². The monoisotopic (exact) mass is 292 g/mol. The van der Waals surface area contributed by atoms with Gasteiger partial charge in [-0.05, 0) is 12.5 Å². The summed E-state index contributed by atoms with van der Waals surface area (Å²) in [5.74, 6) is 2.30. The third-order valence-corrected chi connectivity index (χ3v) is 4.38. The molecule has 3 nitrogen and oxygen atoms in total. The van der Waals surface area contributed by atoms with E-state index in [0.717, 1.165) is 6.42 Å². The van der Waals surface area contributed by atoms with Gasteiger partial charge in [0, 0.05) is 31.0 Å². The molecule has 0 fully saturated rings. The lowest BCUT2D eigenvalue weighted by molar-refractivity contribution is 0.192. The SMILES string of the molecule is C#CC1(c2ccccc2F)CC(CCOC)SC(N)=N1. The summed E-state index contributed by atoms with van der Waals surface area (Å²) >= 11 is 1.47. The van der Waals surface area contributed by atoms with Gasteiger partial charge in [0.05, 0.1) is 0 Å². The highest BCUT2D eigenvalue weighted by Crippen LogP contribution is 2.40. The fourth-order valence-electron chi connectivity index (χ4n) is 2.35. The van der Waals surface area contributed by atoms with Gasteiger partial charge < -0.3 is 10.5 Å². The lowest BCUT2D eigenvalue weighted by atomic mass is 9.85. The zero-order valence-corrected chi connectivity index (χ0v) is 12.1. The molecule has 0 aliphatic carbocycles. The molecule has 5 heteroatoms. The molecule has 1 aliphatic rings. The molecule has 0 amide bonds. The van der Waals surface area contributed by atoms with Gasteiger partial charge in [-0.15, -0.1) is 6.42 Å². The Morgan fingerprint density at radius 2 is 2.35 bits per heavy atom. The van der Waals surface area contributed by atoms with Crippen molar-refractivity contribution in [3.8, 4) is 12.3 Å². The van der Waals surface area contributed by atoms with E-state index >= 15 is 0 Å². The van der Waals surface area contributed by atoms with Crippen molar-refractivity contribution in [2.45, 2.75) is 23.6 Å². The molecule has 0 saturated carbocycles. The summed E-state index contributed by atoms with van der Waals surface area (Å²) in [5.41, 5.74) is 5.29. The molecular weight excluding hydrogens is 275 g/mol. The minimum Gasteiger partial charge on any atom is -0.385 e. The number of nitrogens with two attached hydrogens (primary N) is 1. The highest BCUT2D eigenvalue weighted by molar-refractivity contribution is 8.14. The largest absolute Gasteiger partial charge is 0.385 e. The van der Waals surface area contributed by atoms with Crippen LogP contribution >= 0.6 is 11.8 Å². The van der Waals surface area contributed by atoms with Crippen molar-refractivity contribution in [2.24, 2.45) is 10.7 Å². The number of nitrogens with zero attached hydrogens (tertiary/aromatic N) is 1. The highest BCUT2D eigenvalue weighted by atomic mass is 32.2. The van der Waals surface area contributed by atoms with Crippen LogP contribution < -0.4 is 5.73 Å². The van der Waals surface area contributed by atoms with Crippen molar-refractivity contribution in [2.75, 3.05) is 13.7 Å². The number of benzene rings is 1. The van der Waals surface area contributed by atoms with Gasteiger partial charge in [0.15, 0.2) is 10.7 Å². The standard InChI is InChI=1S/C15H17FN2OS/c1-3-15(12-6-4-5-7-13(12)16)10-11(8-9-19-2)20-14(17)18-15/h1,4-7,11H,8-10H2,2H3,(H2,17,18). The van der Waals surface area contributed by atoms with Crippen LogP contribution in [0.1, 0.15) is 18.4 Å². The van der Waals surface area contributed by atoms with Crippen molar-refractivity contribution in [1.29, 1.82) is 0 Å². The maximum absolute atomic E-state index is 14.1. The van der Waals surface area contributed by atoms with Gasteiger partial charge in [0.1, 0.15) is 5.82 Å². The van der Waals surface area contributed by atoms with Crippen LogP contribution in [0, 0.1) is 18.2 Å². The third kappa shape index (κ3) is 2.97. The smallest absolute Gasteiger partial charge is 0.156 e. The Labute approximate surface area is 122 Å². The first kappa shape index (κ1) is 14.9. The Balaban J connectivity index is 2.37. The molecule has 0 radical (unpaired) electrons. The average molecular weight is 292 g/mol. The van der Waals surface area contributed by atoms with Crippen LogP contribution in [0.2, 0.25) is 0 Å². The molecule has 2 unspecified atom stereocenters. The van der Waals surface area contributed by atoms with Crippen molar-refractivity contribution in [3.63, 3.8) is 0 Å². The van der Waals surface area contributed by atoms with Gasteiger partial charge in [-0.3, -0.25) is 0 Å². The van der Waals surface area contributed by atoms with Crippen LogP contribution in [0.3, 0.4) is 0 Å². The van der Waals surface area contributed by atoms with Crippen LogP contribution in [-0.4, -0.2) is 24.1 Å². The maximum Gasteiger partial charge on any atom is 0.156 e. The normalized spacial score (nSPS) is 25.9. The summed E-state index contributed by atoms with van der Waals surface area (Å²) in [4.78, 5) is 4.36. The zero-order valence-electron chi connectivity index (χ0n) is 11.3. The van der Waals surface area contributed by atoms with E-state index in [4.69, 9.17) is 16.9 Å². The Morgan fingerprint density at radius 1 is 1.60 bits per heavy atom. The summed E-state index contributed by atoms with van der Waals surface area (Å²) < 4.78 is 19.2. The van der Waals surface area contributed by atoms with E-state index in [2.05, 4.69) is 10.9 Å². The molecule has 20 heavy (non-hydrogen) atoms. The van der Waals surface area contributed by atoms with Crippen LogP contribution in [0.25, 0.3) is 0 Å². The summed E-state index contributed by atoms with van der Waals surface area (Å²) in [6, 6.07) is 6.46. The Kier molecular flexibility index (Phi) is 4.69. The Morgan fingerprint density at radius 3 is 3.00 bits per heavy atom. The van der Waals surface area contributed by atoms with E-state index in [1.54, 1.807) is 25.3 Å². The second-order valence-corrected chi connectivity index (χ2v) is 5.98. The van der Waals surface area contributed by atoms with Crippen molar-refractivity contribution < 1.29 is 9.13 Å². The molecule has 2 N–H and O–H groups in total. The molecule has 1 aromatic carbocycles. The van der Waals surface area contributed by atoms with Crippen LogP contribution in [0.4, 0.5) is 4.39 Å². The number of hydrogen-bond acceptors (Lipinski definition) is 4. The van der Waals surface area contributed by atoms with E-state index in [1.165, 1.54) is 17.8 Å². The third-order valence-electron chi connectivity index (χ3n) is 3.31. The van der Waals surface area contributed by atoms with Gasteiger partial charge in [-0.25, -0.2) is 9.38 Å². The Hall–Kier alpha value is -1.51. The summed E-state index contributed by atoms with van der Waals surface area (Å²) in [6.07, 6.45) is 7.03. The number of hydrogen-bond donors (Lipinski definition) is 1. The second kappa shape index (κ2) is 6.29. The van der Waals surface area contributed by atoms with Gasteiger partial charge in [0.25, 0.3) is 0 Å². The maximum atomic E-state index is 14.1. The van der Waals surface area contributed by atoms with Crippen LogP contribution in [-0.2, 0) is 10.3 Å². The number of rotatable bonds is 4. The molecule has 106 valence electrons. The van der Waals surface area contributed by atoms with E-state index < -0.39 is 5.54 Å². The fraction of sp³-hybridized carbons (Fsp3) is 0.400. The molecule has 1 aliphatic heterocycles. The number of thioether (sulfide) groups is 1. The quantitative estimate of drug-likeness (QED) is 0.867. The number of aliphatic imine (C=N–C) groups is 1. The van der Waals surface area contributed by atoms with Crippen LogP contribution in [0.5, 0.6) is 0 Å². The minimum absolute atomic E-state index is 0.170. The number of amidine groups is 1. The van der Waals surface area contributed by atoms with E-state index in [-0.39, 0.29) is 11.1 Å². The average Bonchev–Trinajstić information content (AvgIpc) is 2.45. The zero-order chi connectivity index (χ0) is 14.6. The van der Waals surface area contributed by atoms with Crippen molar-refractivity contribution >= 4 is 16.9 Å². The van der Waals surface area contributed by atoms with Gasteiger partial charge in [-0.1, -0.05) is 35.9 Å². The van der Waals surface area contributed by atoms with Gasteiger partial charge in [0.2, 0.25) is 0 Å². The van der Waals surface area contributed by atoms with E-state index in [1.807, 2.05) is 0 Å². The first-order valence-corrected chi connectivity index (χ1v) is 7.23. The fourth-order valence-corrected chi connectivity index (χ4v) is 3.44. The molecule has 1 aromatic rings. The van der Waals surface area contributed by atoms with E-state index in [9.17, 15) is 4.39 Å². The topological polar surface area (TPSA) is 47.6 Å². The number of ether oxygens (including phenoxy) is 1. The van der Waals surface area contributed by atoms with Gasteiger partial charge >= 0.3 is 0 Å². The number of terminal acetylenes is 1. The van der Waals surface area contributed by atoms with Gasteiger partial charge in [-0.2, -0.15) is 0 Å². The molecule has 2 rings (SSSR count). The molecular formula is C15H17FN2OS. The molecule has 0 bridgehead atoms. The predicted octanol–water partition coefficient (Wildman–Crippen LogP) is 2.51. The predicted molar refractivity (Wildman–Crippen MR) is 81.0 cm³/mol. The van der Waals surface area contributed by atoms with Crippen molar-refractivity contribution in [3.05, 3.63) is 35.6 Å². The second-order valence-electron chi connectivity index (χ2n) is 4.66. The first-order valence-electron chi connectivity index (χ1n) is 6.35.